The number of carbonyl (C=O) groups is 1. The van der Waals surface area contributed by atoms with Crippen molar-refractivity contribution in [2.45, 2.75) is 0 Å². The number of hydrogen-bond acceptors (Lipinski definition) is 2. The van der Waals surface area contributed by atoms with Crippen molar-refractivity contribution in [1.82, 2.24) is 4.98 Å². The average molecular weight is 338 g/mol. The minimum atomic E-state index is -1.36. The Morgan fingerprint density at radius 3 is 2.48 bits per heavy atom. The molecule has 3 rings (SSSR count). The number of carboxylic acids is 1. The van der Waals surface area contributed by atoms with Gasteiger partial charge in [-0.05, 0) is 36.4 Å². The highest BCUT2D eigenvalue weighted by molar-refractivity contribution is 6.31. The van der Waals surface area contributed by atoms with E-state index >= 15 is 0 Å². The molecule has 0 unspecified atom stereocenters. The highest BCUT2D eigenvalue weighted by atomic mass is 35.5. The fourth-order valence-electron chi connectivity index (χ4n) is 2.26. The predicted octanol–water partition coefficient (Wildman–Crippen LogP) is 4.67. The van der Waals surface area contributed by atoms with Gasteiger partial charge in [0.25, 0.3) is 0 Å². The van der Waals surface area contributed by atoms with Crippen molar-refractivity contribution in [3.05, 3.63) is 64.4 Å². The Morgan fingerprint density at radius 1 is 1.04 bits per heavy atom. The third-order valence-electron chi connectivity index (χ3n) is 3.27. The first kappa shape index (κ1) is 15.3. The molecule has 23 heavy (non-hydrogen) atoms. The van der Waals surface area contributed by atoms with Gasteiger partial charge in [-0.25, -0.2) is 22.9 Å². The molecule has 0 spiro atoms. The molecule has 0 radical (unpaired) electrons. The molecule has 0 aliphatic heterocycles. The number of pyridine rings is 1. The van der Waals surface area contributed by atoms with Gasteiger partial charge in [-0.15, -0.1) is 0 Å². The van der Waals surface area contributed by atoms with E-state index in [9.17, 15) is 23.1 Å². The quantitative estimate of drug-likeness (QED) is 0.739. The zero-order valence-electron chi connectivity index (χ0n) is 11.3. The van der Waals surface area contributed by atoms with Gasteiger partial charge < -0.3 is 5.11 Å². The summed E-state index contributed by atoms with van der Waals surface area (Å²) >= 11 is 5.73. The van der Waals surface area contributed by atoms with E-state index in [-0.39, 0.29) is 32.7 Å². The van der Waals surface area contributed by atoms with Crippen molar-refractivity contribution in [2.24, 2.45) is 0 Å². The summed E-state index contributed by atoms with van der Waals surface area (Å²) in [5, 5.41) is 9.28. The number of hydrogen-bond donors (Lipinski definition) is 1. The van der Waals surface area contributed by atoms with Crippen LogP contribution in [0.2, 0.25) is 5.02 Å². The van der Waals surface area contributed by atoms with Crippen LogP contribution in [0.3, 0.4) is 0 Å². The van der Waals surface area contributed by atoms with Crippen molar-refractivity contribution in [3.63, 3.8) is 0 Å². The molecule has 3 aromatic rings. The summed E-state index contributed by atoms with van der Waals surface area (Å²) in [5.41, 5.74) is -1.04. The molecule has 0 atom stereocenters. The molecule has 2 aromatic carbocycles. The number of halogens is 4. The van der Waals surface area contributed by atoms with Gasteiger partial charge in [0.2, 0.25) is 0 Å². The zero-order chi connectivity index (χ0) is 16.7. The van der Waals surface area contributed by atoms with Gasteiger partial charge >= 0.3 is 5.97 Å². The van der Waals surface area contributed by atoms with Crippen LogP contribution in [0.25, 0.3) is 22.2 Å². The van der Waals surface area contributed by atoms with Crippen molar-refractivity contribution in [2.75, 3.05) is 0 Å². The first-order chi connectivity index (χ1) is 10.9. The molecule has 1 heterocycles. The maximum absolute atomic E-state index is 14.1. The van der Waals surface area contributed by atoms with E-state index in [0.717, 1.165) is 30.3 Å². The molecule has 0 saturated carbocycles. The van der Waals surface area contributed by atoms with Gasteiger partial charge in [-0.2, -0.15) is 0 Å². The molecule has 0 fully saturated rings. The van der Waals surface area contributed by atoms with Crippen molar-refractivity contribution >= 4 is 28.5 Å². The summed E-state index contributed by atoms with van der Waals surface area (Å²) < 4.78 is 41.3. The average Bonchev–Trinajstić information content (AvgIpc) is 2.48. The molecule has 0 saturated heterocycles. The fraction of sp³-hybridized carbons (Fsp3) is 0. The Morgan fingerprint density at radius 2 is 1.78 bits per heavy atom. The lowest BCUT2D eigenvalue weighted by atomic mass is 10.0. The minimum absolute atomic E-state index is 0.00369. The van der Waals surface area contributed by atoms with Gasteiger partial charge in [-0.3, -0.25) is 0 Å². The van der Waals surface area contributed by atoms with E-state index in [1.54, 1.807) is 0 Å². The van der Waals surface area contributed by atoms with Gasteiger partial charge in [-0.1, -0.05) is 11.6 Å². The van der Waals surface area contributed by atoms with Crippen molar-refractivity contribution in [1.29, 1.82) is 0 Å². The van der Waals surface area contributed by atoms with Gasteiger partial charge in [0.15, 0.2) is 5.82 Å². The van der Waals surface area contributed by atoms with E-state index in [0.29, 0.717) is 0 Å². The molecule has 116 valence electrons. The fourth-order valence-corrected chi connectivity index (χ4v) is 2.47. The van der Waals surface area contributed by atoms with E-state index in [1.165, 1.54) is 6.07 Å². The van der Waals surface area contributed by atoms with Crippen LogP contribution >= 0.6 is 11.6 Å². The number of nitrogens with zero attached hydrogens (tertiary/aromatic N) is 1. The molecule has 7 heteroatoms. The van der Waals surface area contributed by atoms with Crippen LogP contribution in [0.4, 0.5) is 13.2 Å². The first-order valence-corrected chi connectivity index (χ1v) is 6.73. The van der Waals surface area contributed by atoms with Crippen LogP contribution in [-0.2, 0) is 0 Å². The van der Waals surface area contributed by atoms with Gasteiger partial charge in [0.05, 0.1) is 11.3 Å². The second kappa shape index (κ2) is 5.55. The third kappa shape index (κ3) is 2.73. The van der Waals surface area contributed by atoms with Crippen LogP contribution in [-0.4, -0.2) is 16.1 Å². The molecule has 0 aliphatic rings. The minimum Gasteiger partial charge on any atom is -0.478 e. The summed E-state index contributed by atoms with van der Waals surface area (Å²) in [6.45, 7) is 0. The Bertz CT molecular complexity index is 960. The highest BCUT2D eigenvalue weighted by Gasteiger charge is 2.18. The summed E-state index contributed by atoms with van der Waals surface area (Å²) in [6, 6.07) is 5.94. The number of benzene rings is 2. The number of carboxylic acid groups (broad SMARTS) is 1. The zero-order valence-corrected chi connectivity index (χ0v) is 12.0. The monoisotopic (exact) mass is 337 g/mol. The molecule has 0 amide bonds. The van der Waals surface area contributed by atoms with Gasteiger partial charge in [0.1, 0.15) is 17.2 Å². The molecular weight excluding hydrogens is 331 g/mol. The number of aromatic nitrogens is 1. The molecule has 1 N–H and O–H groups in total. The number of fused-ring (bicyclic) bond motifs is 1. The highest BCUT2D eigenvalue weighted by Crippen LogP contribution is 2.30. The van der Waals surface area contributed by atoms with E-state index in [4.69, 9.17) is 11.6 Å². The lowest BCUT2D eigenvalue weighted by Crippen LogP contribution is -2.02. The Labute approximate surface area is 133 Å². The standard InChI is InChI=1S/C16H7ClF3NO2/c17-7-3-9-10(16(22)23)6-14(21-15(9)13(20)4-7)11-5-8(18)1-2-12(11)19/h1-6H,(H,22,23). The summed E-state index contributed by atoms with van der Waals surface area (Å²) in [7, 11) is 0. The van der Waals surface area contributed by atoms with E-state index in [1.807, 2.05) is 0 Å². The van der Waals surface area contributed by atoms with Gasteiger partial charge in [0, 0.05) is 16.0 Å². The molecule has 0 aliphatic carbocycles. The normalized spacial score (nSPS) is 11.0. The molecule has 3 nitrogen and oxygen atoms in total. The van der Waals surface area contributed by atoms with Crippen LogP contribution in [0.1, 0.15) is 10.4 Å². The first-order valence-electron chi connectivity index (χ1n) is 6.35. The summed E-state index contributed by atoms with van der Waals surface area (Å²) in [5.74, 6) is -3.74. The molecular formula is C16H7ClF3NO2. The Balaban J connectivity index is 2.40. The third-order valence-corrected chi connectivity index (χ3v) is 3.48. The van der Waals surface area contributed by atoms with Crippen LogP contribution in [0.15, 0.2) is 36.4 Å². The Hall–Kier alpha value is -2.60. The summed E-state index contributed by atoms with van der Waals surface area (Å²) in [6.07, 6.45) is 0. The van der Waals surface area contributed by atoms with Crippen molar-refractivity contribution < 1.29 is 23.1 Å². The second-order valence-electron chi connectivity index (χ2n) is 4.77. The second-order valence-corrected chi connectivity index (χ2v) is 5.20. The maximum atomic E-state index is 14.1. The maximum Gasteiger partial charge on any atom is 0.336 e. The van der Waals surface area contributed by atoms with Crippen LogP contribution < -0.4 is 0 Å². The lowest BCUT2D eigenvalue weighted by Gasteiger charge is -2.09. The van der Waals surface area contributed by atoms with Crippen LogP contribution in [0, 0.1) is 17.5 Å². The van der Waals surface area contributed by atoms with Crippen molar-refractivity contribution in [3.8, 4) is 11.3 Å². The predicted molar refractivity (Wildman–Crippen MR) is 79.0 cm³/mol. The number of rotatable bonds is 2. The smallest absolute Gasteiger partial charge is 0.336 e. The largest absolute Gasteiger partial charge is 0.478 e. The number of aromatic carboxylic acids is 1. The van der Waals surface area contributed by atoms with E-state index in [2.05, 4.69) is 4.98 Å². The Kier molecular flexibility index (Phi) is 3.69. The lowest BCUT2D eigenvalue weighted by molar-refractivity contribution is 0.0699. The molecule has 0 bridgehead atoms. The van der Waals surface area contributed by atoms with E-state index < -0.39 is 23.4 Å². The molecule has 1 aromatic heterocycles. The summed E-state index contributed by atoms with van der Waals surface area (Å²) in [4.78, 5) is 15.3. The van der Waals surface area contributed by atoms with Crippen LogP contribution in [0.5, 0.6) is 0 Å². The topological polar surface area (TPSA) is 50.2 Å². The SMILES string of the molecule is O=C(O)c1cc(-c2cc(F)ccc2F)nc2c(F)cc(Cl)cc12.